The van der Waals surface area contributed by atoms with Crippen LogP contribution in [-0.2, 0) is 14.8 Å². The van der Waals surface area contributed by atoms with Gasteiger partial charge in [0.25, 0.3) is 0 Å². The van der Waals surface area contributed by atoms with Gasteiger partial charge >= 0.3 is 5.97 Å². The van der Waals surface area contributed by atoms with Crippen molar-refractivity contribution in [1.82, 2.24) is 4.31 Å². The summed E-state index contributed by atoms with van der Waals surface area (Å²) in [5.41, 5.74) is 2.75. The molecular formula is C22H25NO5S. The molecule has 2 aromatic carbocycles. The molecule has 0 aliphatic carbocycles. The predicted molar refractivity (Wildman–Crippen MR) is 110 cm³/mol. The van der Waals surface area contributed by atoms with Crippen LogP contribution in [0, 0.1) is 13.8 Å². The Bertz CT molecular complexity index is 1020. The largest absolute Gasteiger partial charge is 0.451 e. The lowest BCUT2D eigenvalue weighted by Crippen LogP contribution is -2.28. The van der Waals surface area contributed by atoms with Crippen molar-refractivity contribution in [3.05, 3.63) is 64.7 Å². The minimum atomic E-state index is -3.53. The van der Waals surface area contributed by atoms with Gasteiger partial charge in [-0.3, -0.25) is 4.79 Å². The molecule has 154 valence electrons. The van der Waals surface area contributed by atoms with Crippen LogP contribution in [0.2, 0.25) is 0 Å². The maximum Gasteiger partial charge on any atom is 0.338 e. The number of ether oxygens (including phenoxy) is 1. The van der Waals surface area contributed by atoms with E-state index in [2.05, 4.69) is 0 Å². The maximum absolute atomic E-state index is 12.6. The Labute approximate surface area is 171 Å². The summed E-state index contributed by atoms with van der Waals surface area (Å²) in [7, 11) is -3.53. The first kappa shape index (κ1) is 21.2. The van der Waals surface area contributed by atoms with Crippen LogP contribution in [0.15, 0.2) is 47.4 Å². The Morgan fingerprint density at radius 1 is 0.931 bits per heavy atom. The summed E-state index contributed by atoms with van der Waals surface area (Å²) in [6.45, 7) is 6.44. The van der Waals surface area contributed by atoms with E-state index in [0.717, 1.165) is 24.0 Å². The lowest BCUT2D eigenvalue weighted by molar-refractivity contribution is 0.0318. The van der Waals surface area contributed by atoms with Crippen LogP contribution >= 0.6 is 0 Å². The molecule has 0 unspecified atom stereocenters. The monoisotopic (exact) mass is 415 g/mol. The van der Waals surface area contributed by atoms with Gasteiger partial charge in [0, 0.05) is 18.7 Å². The molecular weight excluding hydrogens is 390 g/mol. The highest BCUT2D eigenvalue weighted by Crippen LogP contribution is 2.21. The van der Waals surface area contributed by atoms with Gasteiger partial charge in [-0.05, 0) is 75.1 Å². The molecule has 1 atom stereocenters. The van der Waals surface area contributed by atoms with E-state index in [-0.39, 0.29) is 16.2 Å². The molecule has 3 rings (SSSR count). The van der Waals surface area contributed by atoms with Crippen LogP contribution < -0.4 is 0 Å². The van der Waals surface area contributed by atoms with Crippen LogP contribution in [0.4, 0.5) is 0 Å². The summed E-state index contributed by atoms with van der Waals surface area (Å²) >= 11 is 0. The molecule has 0 radical (unpaired) electrons. The minimum Gasteiger partial charge on any atom is -0.451 e. The molecule has 1 aliphatic rings. The number of esters is 1. The number of hydrogen-bond donors (Lipinski definition) is 0. The topological polar surface area (TPSA) is 80.8 Å². The van der Waals surface area contributed by atoms with Crippen LogP contribution in [0.1, 0.15) is 51.6 Å². The van der Waals surface area contributed by atoms with Crippen molar-refractivity contribution in [3.63, 3.8) is 0 Å². The number of hydrogen-bond acceptors (Lipinski definition) is 5. The molecule has 2 aromatic rings. The van der Waals surface area contributed by atoms with Gasteiger partial charge in [0.05, 0.1) is 10.5 Å². The average molecular weight is 416 g/mol. The van der Waals surface area contributed by atoms with Gasteiger partial charge in [-0.1, -0.05) is 12.1 Å². The van der Waals surface area contributed by atoms with Crippen LogP contribution in [0.5, 0.6) is 0 Å². The number of carbonyl (C=O) groups is 2. The van der Waals surface area contributed by atoms with E-state index in [1.165, 1.54) is 35.5 Å². The van der Waals surface area contributed by atoms with E-state index in [1.54, 1.807) is 12.1 Å². The van der Waals surface area contributed by atoms with Gasteiger partial charge in [-0.25, -0.2) is 13.2 Å². The van der Waals surface area contributed by atoms with Gasteiger partial charge in [-0.2, -0.15) is 4.31 Å². The number of benzene rings is 2. The first-order valence-electron chi connectivity index (χ1n) is 9.63. The summed E-state index contributed by atoms with van der Waals surface area (Å²) < 4.78 is 31.9. The molecule has 7 heteroatoms. The molecule has 0 amide bonds. The standard InChI is InChI=1S/C22H25NO5S/c1-15-6-7-19(14-16(15)2)21(24)17(3)28-22(25)18-8-10-20(11-9-18)29(26,27)23-12-4-5-13-23/h6-11,14,17H,4-5,12-13H2,1-3H3/t17-/m1/s1. The third kappa shape index (κ3) is 4.57. The number of rotatable bonds is 6. The van der Waals surface area contributed by atoms with E-state index in [1.807, 2.05) is 19.9 Å². The Hall–Kier alpha value is -2.51. The van der Waals surface area contributed by atoms with Crippen molar-refractivity contribution in [2.45, 2.75) is 44.6 Å². The zero-order chi connectivity index (χ0) is 21.2. The van der Waals surface area contributed by atoms with E-state index in [0.29, 0.717) is 18.7 Å². The van der Waals surface area contributed by atoms with Crippen molar-refractivity contribution in [3.8, 4) is 0 Å². The second-order valence-electron chi connectivity index (χ2n) is 7.35. The predicted octanol–water partition coefficient (Wildman–Crippen LogP) is 3.52. The van der Waals surface area contributed by atoms with Gasteiger partial charge in [0.15, 0.2) is 6.10 Å². The maximum atomic E-state index is 12.6. The van der Waals surface area contributed by atoms with Crippen LogP contribution in [-0.4, -0.2) is 43.7 Å². The Balaban J connectivity index is 1.68. The second-order valence-corrected chi connectivity index (χ2v) is 9.28. The molecule has 0 saturated carbocycles. The molecule has 0 bridgehead atoms. The number of carbonyl (C=O) groups excluding carboxylic acids is 2. The molecule has 0 spiro atoms. The zero-order valence-corrected chi connectivity index (χ0v) is 17.7. The molecule has 0 N–H and O–H groups in total. The third-order valence-electron chi connectivity index (χ3n) is 5.24. The molecule has 6 nitrogen and oxygen atoms in total. The van der Waals surface area contributed by atoms with Crippen LogP contribution in [0.3, 0.4) is 0 Å². The Kier molecular flexibility index (Phi) is 6.19. The number of sulfonamides is 1. The highest BCUT2D eigenvalue weighted by atomic mass is 32.2. The lowest BCUT2D eigenvalue weighted by Gasteiger charge is -2.16. The number of nitrogens with zero attached hydrogens (tertiary/aromatic N) is 1. The quantitative estimate of drug-likeness (QED) is 0.533. The smallest absolute Gasteiger partial charge is 0.338 e. The molecule has 1 heterocycles. The van der Waals surface area contributed by atoms with E-state index in [4.69, 9.17) is 4.74 Å². The van der Waals surface area contributed by atoms with Crippen molar-refractivity contribution in [2.24, 2.45) is 0 Å². The number of ketones is 1. The van der Waals surface area contributed by atoms with Gasteiger partial charge in [0.1, 0.15) is 0 Å². The molecule has 1 aliphatic heterocycles. The fourth-order valence-corrected chi connectivity index (χ4v) is 4.77. The summed E-state index contributed by atoms with van der Waals surface area (Å²) in [6.07, 6.45) is 0.768. The Morgan fingerprint density at radius 3 is 2.10 bits per heavy atom. The highest BCUT2D eigenvalue weighted by molar-refractivity contribution is 7.89. The van der Waals surface area contributed by atoms with E-state index < -0.39 is 22.1 Å². The Morgan fingerprint density at radius 2 is 1.52 bits per heavy atom. The SMILES string of the molecule is Cc1ccc(C(=O)[C@@H](C)OC(=O)c2ccc(S(=O)(=O)N3CCCC3)cc2)cc1C. The first-order valence-corrected chi connectivity index (χ1v) is 11.1. The molecule has 29 heavy (non-hydrogen) atoms. The average Bonchev–Trinajstić information content (AvgIpc) is 3.25. The summed E-state index contributed by atoms with van der Waals surface area (Å²) in [5.74, 6) is -0.950. The van der Waals surface area contributed by atoms with Crippen molar-refractivity contribution >= 4 is 21.8 Å². The lowest BCUT2D eigenvalue weighted by atomic mass is 10.0. The highest BCUT2D eigenvalue weighted by Gasteiger charge is 2.27. The van der Waals surface area contributed by atoms with E-state index in [9.17, 15) is 18.0 Å². The fraction of sp³-hybridized carbons (Fsp3) is 0.364. The van der Waals surface area contributed by atoms with Crippen molar-refractivity contribution in [1.29, 1.82) is 0 Å². The van der Waals surface area contributed by atoms with Crippen molar-refractivity contribution in [2.75, 3.05) is 13.1 Å². The first-order chi connectivity index (χ1) is 13.7. The summed E-state index contributed by atoms with van der Waals surface area (Å²) in [5, 5.41) is 0. The summed E-state index contributed by atoms with van der Waals surface area (Å²) in [6, 6.07) is 11.0. The van der Waals surface area contributed by atoms with Gasteiger partial charge < -0.3 is 4.74 Å². The second kappa shape index (κ2) is 8.47. The molecule has 0 aromatic heterocycles. The minimum absolute atomic E-state index is 0.148. The summed E-state index contributed by atoms with van der Waals surface area (Å²) in [4.78, 5) is 25.1. The number of Topliss-reactive ketones (excluding diaryl/α,β-unsaturated/α-hetero) is 1. The van der Waals surface area contributed by atoms with Crippen molar-refractivity contribution < 1.29 is 22.7 Å². The van der Waals surface area contributed by atoms with Gasteiger partial charge in [-0.15, -0.1) is 0 Å². The third-order valence-corrected chi connectivity index (χ3v) is 7.15. The normalized spacial score (nSPS) is 15.8. The van der Waals surface area contributed by atoms with E-state index >= 15 is 0 Å². The molecule has 1 fully saturated rings. The van der Waals surface area contributed by atoms with Crippen LogP contribution in [0.25, 0.3) is 0 Å². The molecule has 1 saturated heterocycles. The van der Waals surface area contributed by atoms with Gasteiger partial charge in [0.2, 0.25) is 15.8 Å². The fourth-order valence-electron chi connectivity index (χ4n) is 3.25. The number of aryl methyl sites for hydroxylation is 2. The zero-order valence-electron chi connectivity index (χ0n) is 16.8.